The largest absolute Gasteiger partial charge is 0.573 e. The van der Waals surface area contributed by atoms with E-state index in [2.05, 4.69) is 4.74 Å². The van der Waals surface area contributed by atoms with Crippen molar-refractivity contribution < 1.29 is 22.7 Å². The highest BCUT2D eigenvalue weighted by atomic mass is 19.4. The molecule has 1 aromatic carbocycles. The molecule has 0 atom stereocenters. The summed E-state index contributed by atoms with van der Waals surface area (Å²) < 4.78 is 39.0. The summed E-state index contributed by atoms with van der Waals surface area (Å²) in [5.41, 5.74) is 4.92. The Bertz CT molecular complexity index is 349. The first-order chi connectivity index (χ1) is 6.44. The fourth-order valence-electron chi connectivity index (χ4n) is 0.901. The van der Waals surface area contributed by atoms with Gasteiger partial charge < -0.3 is 10.5 Å². The number of halogens is 3. The third kappa shape index (κ3) is 2.38. The number of nitrogen functional groups attached to an aromatic ring is 1. The van der Waals surface area contributed by atoms with Crippen molar-refractivity contribution in [2.75, 3.05) is 5.73 Å². The van der Waals surface area contributed by atoms with E-state index >= 15 is 0 Å². The molecule has 14 heavy (non-hydrogen) atoms. The Morgan fingerprint density at radius 2 is 2.00 bits per heavy atom. The van der Waals surface area contributed by atoms with Crippen LogP contribution in [0.2, 0.25) is 0 Å². The number of hydrogen-bond acceptors (Lipinski definition) is 3. The maximum Gasteiger partial charge on any atom is 0.573 e. The average molecular weight is 205 g/mol. The molecule has 0 bridgehead atoms. The summed E-state index contributed by atoms with van der Waals surface area (Å²) in [5.74, 6) is -0.590. The van der Waals surface area contributed by atoms with Crippen LogP contribution in [0.5, 0.6) is 5.75 Å². The van der Waals surface area contributed by atoms with Crippen LogP contribution in [0.25, 0.3) is 0 Å². The summed E-state index contributed by atoms with van der Waals surface area (Å²) >= 11 is 0. The standard InChI is InChI=1S/C8H6F3NO2/c9-8(10,11)14-7-3-1-2-6(12)5(7)4-13/h1-4H,12H2. The van der Waals surface area contributed by atoms with Gasteiger partial charge in [0.2, 0.25) is 0 Å². The van der Waals surface area contributed by atoms with Gasteiger partial charge in [0.1, 0.15) is 5.75 Å². The van der Waals surface area contributed by atoms with E-state index in [-0.39, 0.29) is 17.5 Å². The Labute approximate surface area is 77.3 Å². The molecular weight excluding hydrogens is 199 g/mol. The Hall–Kier alpha value is -1.72. The van der Waals surface area contributed by atoms with Crippen LogP contribution in [0, 0.1) is 0 Å². The third-order valence-corrected chi connectivity index (χ3v) is 1.44. The lowest BCUT2D eigenvalue weighted by Gasteiger charge is -2.11. The van der Waals surface area contributed by atoms with Crippen molar-refractivity contribution >= 4 is 12.0 Å². The number of aldehydes is 1. The second-order valence-corrected chi connectivity index (χ2v) is 2.42. The van der Waals surface area contributed by atoms with E-state index < -0.39 is 12.1 Å². The Balaban J connectivity index is 3.08. The van der Waals surface area contributed by atoms with Gasteiger partial charge in [-0.3, -0.25) is 4.79 Å². The van der Waals surface area contributed by atoms with E-state index in [9.17, 15) is 18.0 Å². The zero-order valence-electron chi connectivity index (χ0n) is 6.84. The Kier molecular flexibility index (Phi) is 2.64. The molecule has 0 unspecified atom stereocenters. The molecule has 0 saturated carbocycles. The molecule has 0 amide bonds. The van der Waals surface area contributed by atoms with Crippen LogP contribution in [-0.2, 0) is 0 Å². The molecule has 2 N–H and O–H groups in total. The van der Waals surface area contributed by atoms with Gasteiger partial charge in [-0.2, -0.15) is 0 Å². The normalized spacial score (nSPS) is 11.1. The molecule has 76 valence electrons. The summed E-state index contributed by atoms with van der Waals surface area (Å²) in [7, 11) is 0. The van der Waals surface area contributed by atoms with Gasteiger partial charge in [0.15, 0.2) is 6.29 Å². The van der Waals surface area contributed by atoms with E-state index in [1.54, 1.807) is 0 Å². The van der Waals surface area contributed by atoms with Crippen molar-refractivity contribution in [1.29, 1.82) is 0 Å². The molecule has 0 aliphatic rings. The molecule has 0 aliphatic heterocycles. The average Bonchev–Trinajstić information content (AvgIpc) is 2.01. The molecule has 0 aliphatic carbocycles. The first kappa shape index (κ1) is 10.4. The topological polar surface area (TPSA) is 52.3 Å². The van der Waals surface area contributed by atoms with Crippen LogP contribution in [0.15, 0.2) is 18.2 Å². The molecule has 1 rings (SSSR count). The summed E-state index contributed by atoms with van der Waals surface area (Å²) in [5, 5.41) is 0. The number of anilines is 1. The van der Waals surface area contributed by atoms with Gasteiger partial charge in [0.25, 0.3) is 0 Å². The lowest BCUT2D eigenvalue weighted by molar-refractivity contribution is -0.274. The minimum absolute atomic E-state index is 0.0539. The van der Waals surface area contributed by atoms with Crippen LogP contribution in [0.1, 0.15) is 10.4 Å². The molecule has 0 aromatic heterocycles. The molecule has 3 nitrogen and oxygen atoms in total. The van der Waals surface area contributed by atoms with Crippen molar-refractivity contribution in [3.8, 4) is 5.75 Å². The number of alkyl halides is 3. The van der Waals surface area contributed by atoms with Gasteiger partial charge >= 0.3 is 6.36 Å². The Morgan fingerprint density at radius 3 is 2.50 bits per heavy atom. The van der Waals surface area contributed by atoms with Crippen LogP contribution in [0.3, 0.4) is 0 Å². The SMILES string of the molecule is Nc1cccc(OC(F)(F)F)c1C=O. The number of carbonyl (C=O) groups excluding carboxylic acids is 1. The quantitative estimate of drug-likeness (QED) is 0.593. The van der Waals surface area contributed by atoms with Crippen LogP contribution < -0.4 is 10.5 Å². The Morgan fingerprint density at radius 1 is 1.36 bits per heavy atom. The zero-order valence-corrected chi connectivity index (χ0v) is 6.84. The molecular formula is C8H6F3NO2. The highest BCUT2D eigenvalue weighted by Gasteiger charge is 2.32. The van der Waals surface area contributed by atoms with E-state index in [1.165, 1.54) is 12.1 Å². The van der Waals surface area contributed by atoms with Gasteiger partial charge in [0, 0.05) is 5.69 Å². The second kappa shape index (κ2) is 3.57. The lowest BCUT2D eigenvalue weighted by Crippen LogP contribution is -2.18. The van der Waals surface area contributed by atoms with Crippen LogP contribution >= 0.6 is 0 Å². The number of hydrogen-bond donors (Lipinski definition) is 1. The maximum absolute atomic E-state index is 11.8. The van der Waals surface area contributed by atoms with Gasteiger partial charge in [-0.25, -0.2) is 0 Å². The van der Waals surface area contributed by atoms with Crippen molar-refractivity contribution in [2.24, 2.45) is 0 Å². The van der Waals surface area contributed by atoms with Crippen molar-refractivity contribution in [3.63, 3.8) is 0 Å². The fraction of sp³-hybridized carbons (Fsp3) is 0.125. The number of benzene rings is 1. The van der Waals surface area contributed by atoms with Crippen molar-refractivity contribution in [2.45, 2.75) is 6.36 Å². The van der Waals surface area contributed by atoms with E-state index in [0.717, 1.165) is 6.07 Å². The van der Waals surface area contributed by atoms with E-state index in [4.69, 9.17) is 5.73 Å². The minimum atomic E-state index is -4.83. The van der Waals surface area contributed by atoms with Crippen LogP contribution in [0.4, 0.5) is 18.9 Å². The highest BCUT2D eigenvalue weighted by Crippen LogP contribution is 2.28. The van der Waals surface area contributed by atoms with Gasteiger partial charge in [0.05, 0.1) is 5.56 Å². The molecule has 0 saturated heterocycles. The molecule has 0 heterocycles. The van der Waals surface area contributed by atoms with Crippen molar-refractivity contribution in [3.05, 3.63) is 23.8 Å². The van der Waals surface area contributed by atoms with Crippen LogP contribution in [-0.4, -0.2) is 12.6 Å². The highest BCUT2D eigenvalue weighted by molar-refractivity contribution is 5.87. The predicted molar refractivity (Wildman–Crippen MR) is 42.9 cm³/mol. The lowest BCUT2D eigenvalue weighted by atomic mass is 10.2. The van der Waals surface area contributed by atoms with Gasteiger partial charge in [-0.15, -0.1) is 13.2 Å². The fourth-order valence-corrected chi connectivity index (χ4v) is 0.901. The smallest absolute Gasteiger partial charge is 0.405 e. The molecule has 0 radical (unpaired) electrons. The summed E-state index contributed by atoms with van der Waals surface area (Å²) in [6, 6.07) is 3.60. The van der Waals surface area contributed by atoms with Gasteiger partial charge in [-0.1, -0.05) is 6.07 Å². The minimum Gasteiger partial charge on any atom is -0.405 e. The first-order valence-corrected chi connectivity index (χ1v) is 3.53. The number of rotatable bonds is 2. The van der Waals surface area contributed by atoms with E-state index in [0.29, 0.717) is 0 Å². The molecule has 6 heteroatoms. The monoisotopic (exact) mass is 205 g/mol. The molecule has 0 fully saturated rings. The predicted octanol–water partition coefficient (Wildman–Crippen LogP) is 1.98. The summed E-state index contributed by atoms with van der Waals surface area (Å²) in [6.45, 7) is 0. The zero-order chi connectivity index (χ0) is 10.8. The maximum atomic E-state index is 11.8. The summed E-state index contributed by atoms with van der Waals surface area (Å²) in [4.78, 5) is 10.4. The number of nitrogens with two attached hydrogens (primary N) is 1. The number of ether oxygens (including phenoxy) is 1. The summed E-state index contributed by atoms with van der Waals surface area (Å²) in [6.07, 6.45) is -4.61. The molecule has 0 spiro atoms. The third-order valence-electron chi connectivity index (χ3n) is 1.44. The number of carbonyl (C=O) groups is 1. The van der Waals surface area contributed by atoms with Gasteiger partial charge in [-0.05, 0) is 12.1 Å². The van der Waals surface area contributed by atoms with E-state index in [1.807, 2.05) is 0 Å². The first-order valence-electron chi connectivity index (χ1n) is 3.53. The van der Waals surface area contributed by atoms with Crippen molar-refractivity contribution in [1.82, 2.24) is 0 Å². The molecule has 1 aromatic rings. The second-order valence-electron chi connectivity index (χ2n) is 2.42.